The zero-order chi connectivity index (χ0) is 23.4. The second-order valence-corrected chi connectivity index (χ2v) is 7.16. The third-order valence-electron chi connectivity index (χ3n) is 5.12. The summed E-state index contributed by atoms with van der Waals surface area (Å²) in [6, 6.07) is 9.24. The van der Waals surface area contributed by atoms with Crippen molar-refractivity contribution in [3.05, 3.63) is 53.9 Å². The van der Waals surface area contributed by atoms with Gasteiger partial charge in [-0.15, -0.1) is 13.2 Å². The largest absolute Gasteiger partial charge is 0.522 e. The number of β-amino-alcohol motifs (C(OH)–C–C–N with tert-alkyl or cyclic N) is 1. The molecule has 11 heteroatoms. The minimum absolute atomic E-state index is 0.0830. The summed E-state index contributed by atoms with van der Waals surface area (Å²) in [5, 5.41) is 21.5. The van der Waals surface area contributed by atoms with Crippen LogP contribution in [-0.2, 0) is 10.3 Å². The Labute approximate surface area is 182 Å². The van der Waals surface area contributed by atoms with E-state index in [0.29, 0.717) is 5.69 Å². The van der Waals surface area contributed by atoms with E-state index in [9.17, 15) is 28.2 Å². The first-order chi connectivity index (χ1) is 15.1. The number of ether oxygens (including phenoxy) is 3. The molecule has 1 aromatic carbocycles. The summed E-state index contributed by atoms with van der Waals surface area (Å²) in [7, 11) is 1.34. The van der Waals surface area contributed by atoms with Gasteiger partial charge in [-0.2, -0.15) is 0 Å². The molecule has 3 rings (SSSR count). The summed E-state index contributed by atoms with van der Waals surface area (Å²) in [6.45, 7) is -0.987. The second-order valence-electron chi connectivity index (χ2n) is 7.16. The molecule has 1 aliphatic rings. The first-order valence-corrected chi connectivity index (χ1v) is 9.77. The van der Waals surface area contributed by atoms with E-state index in [1.807, 2.05) is 0 Å². The van der Waals surface area contributed by atoms with Crippen molar-refractivity contribution in [1.29, 1.82) is 0 Å². The predicted molar refractivity (Wildman–Crippen MR) is 105 cm³/mol. The van der Waals surface area contributed by atoms with Crippen LogP contribution in [-0.4, -0.2) is 71.9 Å². The standard InChI is InChI=1S/C21H23F3N2O6/c1-30-16-12-14(31-10-11-32-21(22,23)24)5-6-15(16)19(28)26-9-7-20(29,18(27)13-26)17-4-2-3-8-25-17/h2-6,8,12,18,27,29H,7,9-11,13H2,1H3/t18-,20-/m1/s1. The average molecular weight is 456 g/mol. The van der Waals surface area contributed by atoms with Crippen LogP contribution in [0.2, 0.25) is 0 Å². The fraction of sp³-hybridized carbons (Fsp3) is 0.429. The Morgan fingerprint density at radius 2 is 2.06 bits per heavy atom. The Kier molecular flexibility index (Phi) is 7.22. The van der Waals surface area contributed by atoms with E-state index < -0.39 is 30.6 Å². The summed E-state index contributed by atoms with van der Waals surface area (Å²) in [6.07, 6.45) is -4.39. The van der Waals surface area contributed by atoms with Crippen LogP contribution in [0.5, 0.6) is 11.5 Å². The molecule has 0 spiro atoms. The quantitative estimate of drug-likeness (QED) is 0.616. The van der Waals surface area contributed by atoms with E-state index >= 15 is 0 Å². The highest BCUT2D eigenvalue weighted by atomic mass is 19.4. The zero-order valence-corrected chi connectivity index (χ0v) is 17.2. The highest BCUT2D eigenvalue weighted by Crippen LogP contribution is 2.33. The molecule has 2 atom stereocenters. The molecule has 0 aliphatic carbocycles. The van der Waals surface area contributed by atoms with Crippen molar-refractivity contribution >= 4 is 5.91 Å². The molecule has 2 heterocycles. The molecule has 1 fully saturated rings. The van der Waals surface area contributed by atoms with Crippen LogP contribution in [0.25, 0.3) is 0 Å². The molecular formula is C21H23F3N2O6. The number of hydrogen-bond acceptors (Lipinski definition) is 7. The van der Waals surface area contributed by atoms with Gasteiger partial charge in [-0.3, -0.25) is 14.5 Å². The first kappa shape index (κ1) is 23.8. The number of halogens is 3. The van der Waals surface area contributed by atoms with Crippen LogP contribution in [0.4, 0.5) is 13.2 Å². The van der Waals surface area contributed by atoms with Gasteiger partial charge in [-0.1, -0.05) is 6.07 Å². The Morgan fingerprint density at radius 1 is 1.28 bits per heavy atom. The summed E-state index contributed by atoms with van der Waals surface area (Å²) in [4.78, 5) is 18.5. The molecular weight excluding hydrogens is 433 g/mol. The number of aliphatic hydroxyl groups excluding tert-OH is 1. The van der Waals surface area contributed by atoms with E-state index in [-0.39, 0.29) is 43.2 Å². The topological polar surface area (TPSA) is 101 Å². The summed E-state index contributed by atoms with van der Waals surface area (Å²) in [5.41, 5.74) is -1.06. The highest BCUT2D eigenvalue weighted by molar-refractivity contribution is 5.97. The Balaban J connectivity index is 1.66. The number of benzene rings is 1. The number of alkyl halides is 3. The summed E-state index contributed by atoms with van der Waals surface area (Å²) >= 11 is 0. The normalized spacial score (nSPS) is 21.3. The third kappa shape index (κ3) is 5.47. The SMILES string of the molecule is COc1cc(OCCOC(F)(F)F)ccc1C(=O)N1CC[C@@](O)(c2ccccn2)[C@H](O)C1. The van der Waals surface area contributed by atoms with Gasteiger partial charge in [-0.25, -0.2) is 0 Å². The molecule has 174 valence electrons. The second kappa shape index (κ2) is 9.72. The van der Waals surface area contributed by atoms with Crippen LogP contribution in [0, 0.1) is 0 Å². The van der Waals surface area contributed by atoms with E-state index in [1.165, 1.54) is 36.4 Å². The van der Waals surface area contributed by atoms with Crippen LogP contribution in [0.3, 0.4) is 0 Å². The molecule has 1 amide bonds. The number of amides is 1. The van der Waals surface area contributed by atoms with Crippen molar-refractivity contribution in [3.63, 3.8) is 0 Å². The third-order valence-corrected chi connectivity index (χ3v) is 5.12. The number of aromatic nitrogens is 1. The lowest BCUT2D eigenvalue weighted by molar-refractivity contribution is -0.325. The maximum absolute atomic E-state index is 13.0. The number of carbonyl (C=O) groups excluding carboxylic acids is 1. The Hall–Kier alpha value is -2.89. The molecule has 1 saturated heterocycles. The number of rotatable bonds is 7. The molecule has 1 aromatic heterocycles. The molecule has 1 aliphatic heterocycles. The monoisotopic (exact) mass is 456 g/mol. The number of likely N-dealkylation sites (tertiary alicyclic amines) is 1. The van der Waals surface area contributed by atoms with Gasteiger partial charge in [0.05, 0.1) is 31.5 Å². The lowest BCUT2D eigenvalue weighted by Gasteiger charge is -2.41. The molecule has 2 N–H and O–H groups in total. The smallest absolute Gasteiger partial charge is 0.496 e. The maximum Gasteiger partial charge on any atom is 0.522 e. The fourth-order valence-corrected chi connectivity index (χ4v) is 3.45. The van der Waals surface area contributed by atoms with Gasteiger partial charge in [0.25, 0.3) is 5.91 Å². The molecule has 32 heavy (non-hydrogen) atoms. The number of hydrogen-bond donors (Lipinski definition) is 2. The van der Waals surface area contributed by atoms with Crippen molar-refractivity contribution in [3.8, 4) is 11.5 Å². The number of piperidine rings is 1. The van der Waals surface area contributed by atoms with Gasteiger partial charge in [0, 0.05) is 25.2 Å². The van der Waals surface area contributed by atoms with Crippen LogP contribution in [0.1, 0.15) is 22.5 Å². The van der Waals surface area contributed by atoms with E-state index in [4.69, 9.17) is 9.47 Å². The molecule has 2 aromatic rings. The van der Waals surface area contributed by atoms with E-state index in [1.54, 1.807) is 18.2 Å². The molecule has 0 saturated carbocycles. The minimum atomic E-state index is -4.74. The van der Waals surface area contributed by atoms with Gasteiger partial charge in [0.2, 0.25) is 0 Å². The fourth-order valence-electron chi connectivity index (χ4n) is 3.45. The van der Waals surface area contributed by atoms with E-state index in [2.05, 4.69) is 9.72 Å². The van der Waals surface area contributed by atoms with Crippen molar-refractivity contribution in [2.45, 2.75) is 24.5 Å². The minimum Gasteiger partial charge on any atom is -0.496 e. The number of nitrogens with zero attached hydrogens (tertiary/aromatic N) is 2. The Bertz CT molecular complexity index is 927. The summed E-state index contributed by atoms with van der Waals surface area (Å²) in [5.74, 6) is -0.0763. The van der Waals surface area contributed by atoms with Crippen molar-refractivity contribution in [2.75, 3.05) is 33.4 Å². The number of aliphatic hydroxyl groups is 2. The van der Waals surface area contributed by atoms with Gasteiger partial charge < -0.3 is 24.6 Å². The molecule has 0 radical (unpaired) electrons. The van der Waals surface area contributed by atoms with Crippen LogP contribution in [0.15, 0.2) is 42.6 Å². The van der Waals surface area contributed by atoms with Crippen molar-refractivity contribution in [1.82, 2.24) is 9.88 Å². The van der Waals surface area contributed by atoms with Crippen molar-refractivity contribution < 1.29 is 42.4 Å². The van der Waals surface area contributed by atoms with Crippen LogP contribution < -0.4 is 9.47 Å². The molecule has 8 nitrogen and oxygen atoms in total. The predicted octanol–water partition coefficient (Wildman–Crippen LogP) is 2.10. The van der Waals surface area contributed by atoms with Crippen LogP contribution >= 0.6 is 0 Å². The van der Waals surface area contributed by atoms with Gasteiger partial charge >= 0.3 is 6.36 Å². The number of carbonyl (C=O) groups is 1. The molecule has 0 bridgehead atoms. The lowest BCUT2D eigenvalue weighted by atomic mass is 9.85. The lowest BCUT2D eigenvalue weighted by Crippen LogP contribution is -2.55. The number of methoxy groups -OCH3 is 1. The highest BCUT2D eigenvalue weighted by Gasteiger charge is 2.44. The first-order valence-electron chi connectivity index (χ1n) is 9.77. The van der Waals surface area contributed by atoms with Gasteiger partial charge in [0.15, 0.2) is 0 Å². The zero-order valence-electron chi connectivity index (χ0n) is 17.2. The maximum atomic E-state index is 13.0. The average Bonchev–Trinajstić information content (AvgIpc) is 2.78. The van der Waals surface area contributed by atoms with E-state index in [0.717, 1.165) is 0 Å². The van der Waals surface area contributed by atoms with Crippen molar-refractivity contribution in [2.24, 2.45) is 0 Å². The summed E-state index contributed by atoms with van der Waals surface area (Å²) < 4.78 is 50.1. The number of pyridine rings is 1. The molecule has 0 unspecified atom stereocenters. The van der Waals surface area contributed by atoms with Gasteiger partial charge in [-0.05, 0) is 24.3 Å². The van der Waals surface area contributed by atoms with Gasteiger partial charge in [0.1, 0.15) is 29.8 Å². The Morgan fingerprint density at radius 3 is 2.69 bits per heavy atom.